The summed E-state index contributed by atoms with van der Waals surface area (Å²) >= 11 is 0. The first-order chi connectivity index (χ1) is 17.6. The van der Waals surface area contributed by atoms with Crippen molar-refractivity contribution in [3.63, 3.8) is 0 Å². The molecule has 2 aromatic carbocycles. The molecule has 36 heavy (non-hydrogen) atoms. The number of amides is 1. The second kappa shape index (κ2) is 11.7. The van der Waals surface area contributed by atoms with Crippen molar-refractivity contribution in [3.05, 3.63) is 88.3 Å². The minimum atomic E-state index is -1.22. The molecule has 2 atom stereocenters. The van der Waals surface area contributed by atoms with E-state index in [4.69, 9.17) is 25.1 Å². The van der Waals surface area contributed by atoms with Crippen LogP contribution in [0.3, 0.4) is 0 Å². The lowest BCUT2D eigenvalue weighted by Crippen LogP contribution is -2.49. The zero-order valence-electron chi connectivity index (χ0n) is 20.3. The number of aliphatic hydroxyl groups excluding tert-OH is 1. The maximum Gasteiger partial charge on any atom is 0.255 e. The second-order valence-corrected chi connectivity index (χ2v) is 8.87. The normalized spacial score (nSPS) is 20.9. The number of carbonyl (C=O) groups is 1. The summed E-state index contributed by atoms with van der Waals surface area (Å²) in [5.41, 5.74) is 9.95. The number of carbonyl (C=O) groups excluding carboxylic acids is 1. The van der Waals surface area contributed by atoms with Crippen LogP contribution in [-0.4, -0.2) is 53.7 Å². The molecule has 2 aliphatic rings. The molecule has 0 spiro atoms. The first-order valence-corrected chi connectivity index (χ1v) is 12.2. The number of likely N-dealkylation sites (tertiary alicyclic amines) is 1. The van der Waals surface area contributed by atoms with Gasteiger partial charge in [-0.05, 0) is 53.8 Å². The predicted octanol–water partition coefficient (Wildman–Crippen LogP) is 4.71. The molecule has 1 amide bonds. The van der Waals surface area contributed by atoms with E-state index in [1.54, 1.807) is 6.08 Å². The van der Waals surface area contributed by atoms with Gasteiger partial charge in [-0.1, -0.05) is 35.5 Å². The van der Waals surface area contributed by atoms with Crippen LogP contribution in [0.1, 0.15) is 48.5 Å². The zero-order valence-corrected chi connectivity index (χ0v) is 20.3. The van der Waals surface area contributed by atoms with E-state index in [0.717, 1.165) is 29.5 Å². The minimum Gasteiger partial charge on any atom is -0.494 e. The molecule has 0 radical (unpaired) electrons. The lowest BCUT2D eigenvalue weighted by Gasteiger charge is -2.34. The van der Waals surface area contributed by atoms with Gasteiger partial charge in [0.15, 0.2) is 11.6 Å². The Balaban J connectivity index is 1.75. The second-order valence-electron chi connectivity index (χ2n) is 8.87. The number of azide groups is 1. The van der Waals surface area contributed by atoms with E-state index >= 15 is 0 Å². The summed E-state index contributed by atoms with van der Waals surface area (Å²) in [5, 5.41) is 12.7. The molecule has 2 aliphatic heterocycles. The molecule has 2 heterocycles. The van der Waals surface area contributed by atoms with E-state index in [-0.39, 0.29) is 19.1 Å². The monoisotopic (exact) mass is 489 g/mol. The fourth-order valence-electron chi connectivity index (χ4n) is 4.73. The summed E-state index contributed by atoms with van der Waals surface area (Å²) in [6.45, 7) is 5.94. The van der Waals surface area contributed by atoms with Gasteiger partial charge >= 0.3 is 0 Å². The summed E-state index contributed by atoms with van der Waals surface area (Å²) in [5.74, 6) is 0.963. The van der Waals surface area contributed by atoms with Crippen molar-refractivity contribution in [1.29, 1.82) is 0 Å². The molecule has 9 nitrogen and oxygen atoms in total. The van der Waals surface area contributed by atoms with Crippen molar-refractivity contribution >= 4 is 11.8 Å². The molecule has 1 fully saturated rings. The lowest BCUT2D eigenvalue weighted by molar-refractivity contribution is -0.138. The zero-order chi connectivity index (χ0) is 25.4. The van der Waals surface area contributed by atoms with Crippen LogP contribution in [0.15, 0.2) is 71.3 Å². The smallest absolute Gasteiger partial charge is 0.255 e. The van der Waals surface area contributed by atoms with Gasteiger partial charge < -0.3 is 19.5 Å². The Morgan fingerprint density at radius 2 is 2.03 bits per heavy atom. The fourth-order valence-corrected chi connectivity index (χ4v) is 4.73. The van der Waals surface area contributed by atoms with Crippen molar-refractivity contribution in [2.45, 2.75) is 43.9 Å². The van der Waals surface area contributed by atoms with E-state index in [1.165, 1.54) is 0 Å². The van der Waals surface area contributed by atoms with Crippen molar-refractivity contribution in [3.8, 4) is 5.75 Å². The van der Waals surface area contributed by atoms with Gasteiger partial charge in [-0.15, -0.1) is 6.58 Å². The van der Waals surface area contributed by atoms with E-state index < -0.39 is 11.6 Å². The van der Waals surface area contributed by atoms with E-state index in [2.05, 4.69) is 16.6 Å². The summed E-state index contributed by atoms with van der Waals surface area (Å²) in [4.78, 5) is 23.7. The van der Waals surface area contributed by atoms with Crippen LogP contribution >= 0.6 is 0 Å². The van der Waals surface area contributed by atoms with Crippen LogP contribution in [0.5, 0.6) is 5.75 Å². The first-order valence-electron chi connectivity index (χ1n) is 12.2. The van der Waals surface area contributed by atoms with Gasteiger partial charge in [0.05, 0.1) is 13.2 Å². The minimum absolute atomic E-state index is 0.0711. The molecular formula is C27H31N5O4. The molecule has 1 saturated heterocycles. The lowest BCUT2D eigenvalue weighted by atomic mass is 9.82. The summed E-state index contributed by atoms with van der Waals surface area (Å²) in [6.07, 6.45) is 3.78. The van der Waals surface area contributed by atoms with Crippen LogP contribution in [0.2, 0.25) is 0 Å². The molecule has 2 aromatic rings. The number of hydrogen-bond acceptors (Lipinski definition) is 6. The highest BCUT2D eigenvalue weighted by atomic mass is 16.5. The molecule has 1 N–H and O–H groups in total. The summed E-state index contributed by atoms with van der Waals surface area (Å²) in [7, 11) is 0. The van der Waals surface area contributed by atoms with Gasteiger partial charge in [0.25, 0.3) is 5.91 Å². The molecule has 0 unspecified atom stereocenters. The standard InChI is InChI=1S/C27H31N5O4/c1-2-14-27(26(34)32-15-5-6-16-32)24(23-9-4-3-8-21(23)19-29-31-28)36-25(30-27)20-10-12-22(13-11-20)35-18-7-17-33/h2-4,8-13,24,33H,1,5-7,14-19H2/t24-,27-/m1/s1. The number of benzene rings is 2. The number of aliphatic hydroxyl groups is 1. The van der Waals surface area contributed by atoms with Gasteiger partial charge in [0, 0.05) is 43.0 Å². The highest BCUT2D eigenvalue weighted by Gasteiger charge is 2.54. The molecule has 0 aliphatic carbocycles. The third-order valence-corrected chi connectivity index (χ3v) is 6.50. The van der Waals surface area contributed by atoms with Gasteiger partial charge in [-0.25, -0.2) is 4.99 Å². The molecule has 0 saturated carbocycles. The van der Waals surface area contributed by atoms with Gasteiger partial charge in [-0.2, -0.15) is 0 Å². The highest BCUT2D eigenvalue weighted by Crippen LogP contribution is 2.45. The van der Waals surface area contributed by atoms with E-state index in [0.29, 0.717) is 44.2 Å². The largest absolute Gasteiger partial charge is 0.494 e. The third-order valence-electron chi connectivity index (χ3n) is 6.50. The summed E-state index contributed by atoms with van der Waals surface area (Å²) < 4.78 is 12.1. The van der Waals surface area contributed by atoms with Crippen LogP contribution < -0.4 is 4.74 Å². The van der Waals surface area contributed by atoms with E-state index in [9.17, 15) is 4.79 Å². The molecule has 0 bridgehead atoms. The molecular weight excluding hydrogens is 458 g/mol. The van der Waals surface area contributed by atoms with Crippen LogP contribution in [-0.2, 0) is 16.1 Å². The Morgan fingerprint density at radius 3 is 2.72 bits per heavy atom. The van der Waals surface area contributed by atoms with Crippen molar-refractivity contribution < 1.29 is 19.4 Å². The molecule has 9 heteroatoms. The first kappa shape index (κ1) is 25.3. The average Bonchev–Trinajstić information content (AvgIpc) is 3.57. The Kier molecular flexibility index (Phi) is 8.25. The maximum atomic E-state index is 14.0. The van der Waals surface area contributed by atoms with Crippen molar-refractivity contribution in [2.75, 3.05) is 26.3 Å². The Labute approximate surface area is 210 Å². The van der Waals surface area contributed by atoms with Crippen LogP contribution in [0.4, 0.5) is 0 Å². The Morgan fingerprint density at radius 1 is 1.28 bits per heavy atom. The molecule has 4 rings (SSSR count). The third kappa shape index (κ3) is 5.22. The maximum absolute atomic E-state index is 14.0. The number of ether oxygens (including phenoxy) is 2. The Bertz CT molecular complexity index is 1150. The van der Waals surface area contributed by atoms with Gasteiger partial charge in [-0.3, -0.25) is 4.79 Å². The topological polar surface area (TPSA) is 120 Å². The highest BCUT2D eigenvalue weighted by molar-refractivity contribution is 6.01. The van der Waals surface area contributed by atoms with Crippen molar-refractivity contribution in [1.82, 2.24) is 4.90 Å². The summed E-state index contributed by atoms with van der Waals surface area (Å²) in [6, 6.07) is 14.9. The Hall–Kier alpha value is -3.81. The van der Waals surface area contributed by atoms with Gasteiger partial charge in [0.2, 0.25) is 5.90 Å². The number of nitrogens with zero attached hydrogens (tertiary/aromatic N) is 5. The number of aliphatic imine (C=N–C) groups is 1. The molecule has 0 aromatic heterocycles. The van der Waals surface area contributed by atoms with Crippen molar-refractivity contribution in [2.24, 2.45) is 10.1 Å². The fraction of sp³-hybridized carbons (Fsp3) is 0.407. The van der Waals surface area contributed by atoms with Crippen LogP contribution in [0, 0.1) is 0 Å². The predicted molar refractivity (Wildman–Crippen MR) is 137 cm³/mol. The SMILES string of the molecule is C=CC[C@@]1(C(=O)N2CCCC2)N=C(c2ccc(OCCCO)cc2)O[C@@H]1c1ccccc1CN=[N+]=[N-]. The van der Waals surface area contributed by atoms with E-state index in [1.807, 2.05) is 53.4 Å². The number of hydrogen-bond donors (Lipinski definition) is 1. The van der Waals surface area contributed by atoms with Crippen LogP contribution in [0.25, 0.3) is 10.4 Å². The number of rotatable bonds is 11. The molecule has 188 valence electrons. The van der Waals surface area contributed by atoms with Gasteiger partial charge in [0.1, 0.15) is 5.75 Å². The quantitative estimate of drug-likeness (QED) is 0.161. The average molecular weight is 490 g/mol.